The monoisotopic (exact) mass is 639 g/mol. The molecule has 3 N–H and O–H groups in total. The fraction of sp³-hybridized carbons (Fsp3) is 0.615. The lowest BCUT2D eigenvalue weighted by Gasteiger charge is -2.35. The molecule has 43 heavy (non-hydrogen) atoms. The van der Waals surface area contributed by atoms with Gasteiger partial charge in [0.15, 0.2) is 17.5 Å². The Hall–Kier alpha value is -3.05. The van der Waals surface area contributed by atoms with E-state index in [1.54, 1.807) is 0 Å². The van der Waals surface area contributed by atoms with E-state index in [2.05, 4.69) is 10.2 Å². The van der Waals surface area contributed by atoms with Gasteiger partial charge in [-0.2, -0.15) is 21.6 Å². The summed E-state index contributed by atoms with van der Waals surface area (Å²) in [5.41, 5.74) is 4.52. The Morgan fingerprint density at radius 1 is 1.14 bits per heavy atom. The Balaban J connectivity index is 0.000000237. The number of fused-ring (bicyclic) bond motifs is 3. The van der Waals surface area contributed by atoms with Crippen LogP contribution in [0.4, 0.5) is 26.3 Å². The van der Waals surface area contributed by atoms with Crippen LogP contribution in [-0.4, -0.2) is 62.7 Å². The van der Waals surface area contributed by atoms with E-state index in [9.17, 15) is 44.3 Å². The molecule has 1 aliphatic heterocycles. The number of alkyl halides is 3. The predicted octanol–water partition coefficient (Wildman–Crippen LogP) is 3.29. The molecule has 238 valence electrons. The molecule has 1 aromatic carbocycles. The van der Waals surface area contributed by atoms with Crippen LogP contribution >= 0.6 is 0 Å². The van der Waals surface area contributed by atoms with Gasteiger partial charge in [0, 0.05) is 38.0 Å². The molecule has 2 saturated carbocycles. The van der Waals surface area contributed by atoms with Crippen LogP contribution < -0.4 is 5.73 Å². The number of aromatic nitrogens is 3. The molecule has 2 aromatic rings. The van der Waals surface area contributed by atoms with E-state index in [0.717, 1.165) is 11.0 Å². The molecule has 2 aliphatic carbocycles. The van der Waals surface area contributed by atoms with Gasteiger partial charge in [0.1, 0.15) is 11.6 Å². The van der Waals surface area contributed by atoms with Crippen molar-refractivity contribution in [3.05, 3.63) is 46.8 Å². The van der Waals surface area contributed by atoms with Crippen molar-refractivity contribution in [1.82, 2.24) is 19.7 Å². The zero-order valence-electron chi connectivity index (χ0n) is 23.3. The lowest BCUT2D eigenvalue weighted by atomic mass is 9.70. The molecule has 2 fully saturated rings. The highest BCUT2D eigenvalue weighted by Gasteiger charge is 2.65. The molecule has 0 radical (unpaired) electrons. The minimum Gasteiger partial charge on any atom is -0.333 e. The number of Topliss-reactive ketones (excluding diaryl/α,β-unsaturated/α-hetero) is 1. The standard InChI is InChI=1S/C16H15F6N5O.C10H16O4S/c17-10-6-12(19)11(18)4-8(10)3-9(23)5-14(28)26-1-2-27-13(7-26)24-25-15(27)16(20,21)22;1-9(2)7-3-4-10(9,8(11)5-7)6-15(12,13)14/h4,6,9H,1-3,5,7,23H2;7H,3-6H2,1-2H3,(H,12,13,14)/t9-;7?,10-/m11/s1. The van der Waals surface area contributed by atoms with Crippen LogP contribution in [0.2, 0.25) is 0 Å². The lowest BCUT2D eigenvalue weighted by Crippen LogP contribution is -2.42. The number of hydrogen-bond donors (Lipinski definition) is 2. The predicted molar refractivity (Wildman–Crippen MR) is 138 cm³/mol. The molecule has 1 amide bonds. The fourth-order valence-corrected chi connectivity index (χ4v) is 7.73. The van der Waals surface area contributed by atoms with Gasteiger partial charge in [0.05, 0.1) is 17.7 Å². The van der Waals surface area contributed by atoms with Crippen LogP contribution in [0, 0.1) is 34.2 Å². The summed E-state index contributed by atoms with van der Waals surface area (Å²) in [4.78, 5) is 25.5. The number of halogens is 6. The zero-order valence-corrected chi connectivity index (χ0v) is 24.1. The summed E-state index contributed by atoms with van der Waals surface area (Å²) < 4.78 is 110. The van der Waals surface area contributed by atoms with Gasteiger partial charge in [-0.3, -0.25) is 14.1 Å². The molecule has 1 unspecified atom stereocenters. The van der Waals surface area contributed by atoms with Crippen molar-refractivity contribution in [2.24, 2.45) is 22.5 Å². The van der Waals surface area contributed by atoms with Gasteiger partial charge >= 0.3 is 6.18 Å². The minimum absolute atomic E-state index is 0.000783. The van der Waals surface area contributed by atoms with E-state index in [4.69, 9.17) is 10.3 Å². The first-order chi connectivity index (χ1) is 19.7. The van der Waals surface area contributed by atoms with E-state index in [1.807, 2.05) is 13.8 Å². The first-order valence-electron chi connectivity index (χ1n) is 13.4. The quantitative estimate of drug-likeness (QED) is 0.278. The Bertz CT molecular complexity index is 1530. The first-order valence-corrected chi connectivity index (χ1v) is 15.0. The number of benzene rings is 1. The number of nitrogens with zero attached hydrogens (tertiary/aromatic N) is 4. The number of carbonyl (C=O) groups excluding carboxylic acids is 2. The summed E-state index contributed by atoms with van der Waals surface area (Å²) in [5, 5.41) is 6.60. The molecule has 10 nitrogen and oxygen atoms in total. The van der Waals surface area contributed by atoms with Crippen molar-refractivity contribution in [3.8, 4) is 0 Å². The molecule has 0 spiro atoms. The van der Waals surface area contributed by atoms with Gasteiger partial charge in [-0.05, 0) is 42.2 Å². The van der Waals surface area contributed by atoms with Gasteiger partial charge < -0.3 is 15.2 Å². The van der Waals surface area contributed by atoms with Gasteiger partial charge in [0.2, 0.25) is 11.7 Å². The first kappa shape index (κ1) is 32.9. The highest BCUT2D eigenvalue weighted by Crippen LogP contribution is 2.64. The smallest absolute Gasteiger partial charge is 0.333 e. The third kappa shape index (κ3) is 6.57. The highest BCUT2D eigenvalue weighted by molar-refractivity contribution is 7.85. The number of rotatable bonds is 6. The normalized spacial score (nSPS) is 23.5. The fourth-order valence-electron chi connectivity index (χ4n) is 6.43. The molecule has 2 heterocycles. The molecule has 17 heteroatoms. The van der Waals surface area contributed by atoms with Crippen molar-refractivity contribution in [2.45, 2.75) is 71.3 Å². The van der Waals surface area contributed by atoms with Crippen LogP contribution in [0.1, 0.15) is 56.7 Å². The van der Waals surface area contributed by atoms with Crippen molar-refractivity contribution < 1.29 is 48.9 Å². The topological polar surface area (TPSA) is 148 Å². The zero-order chi connectivity index (χ0) is 32.1. The van der Waals surface area contributed by atoms with Crippen molar-refractivity contribution in [1.29, 1.82) is 0 Å². The SMILES string of the molecule is CC1(C)C2CC[C@@]1(CS(=O)(=O)O)C(=O)C2.N[C@@H](CC(=O)N1CCn2c(nnc2C(F)(F)F)C1)Cc1cc(F)c(F)cc1F. The lowest BCUT2D eigenvalue weighted by molar-refractivity contribution is -0.148. The molecule has 3 atom stereocenters. The number of carbonyl (C=O) groups is 2. The van der Waals surface area contributed by atoms with Crippen molar-refractivity contribution >= 4 is 21.8 Å². The Morgan fingerprint density at radius 2 is 1.79 bits per heavy atom. The molecular formula is C26H31F6N5O5S. The second-order valence-electron chi connectivity index (χ2n) is 11.8. The van der Waals surface area contributed by atoms with E-state index >= 15 is 0 Å². The highest BCUT2D eigenvalue weighted by atomic mass is 32.2. The van der Waals surface area contributed by atoms with E-state index in [1.165, 1.54) is 4.90 Å². The maximum absolute atomic E-state index is 13.7. The van der Waals surface area contributed by atoms with Crippen LogP contribution in [0.15, 0.2) is 12.1 Å². The van der Waals surface area contributed by atoms with E-state index in [-0.39, 0.29) is 61.0 Å². The largest absolute Gasteiger partial charge is 0.451 e. The van der Waals surface area contributed by atoms with Gasteiger partial charge in [0.25, 0.3) is 10.1 Å². The van der Waals surface area contributed by atoms with Gasteiger partial charge in [-0.1, -0.05) is 13.8 Å². The van der Waals surface area contributed by atoms with Crippen LogP contribution in [-0.2, 0) is 45.4 Å². The molecule has 2 bridgehead atoms. The number of nitrogens with two attached hydrogens (primary N) is 1. The third-order valence-electron chi connectivity index (χ3n) is 8.94. The molecular weight excluding hydrogens is 608 g/mol. The van der Waals surface area contributed by atoms with Gasteiger partial charge in [-0.25, -0.2) is 13.2 Å². The number of hydrogen-bond acceptors (Lipinski definition) is 7. The molecule has 0 saturated heterocycles. The van der Waals surface area contributed by atoms with E-state index < -0.39 is 62.7 Å². The summed E-state index contributed by atoms with van der Waals surface area (Å²) in [5.74, 6) is -5.25. The molecule has 1 aromatic heterocycles. The summed E-state index contributed by atoms with van der Waals surface area (Å²) in [6, 6.07) is 0.184. The van der Waals surface area contributed by atoms with Crippen molar-refractivity contribution in [3.63, 3.8) is 0 Å². The average molecular weight is 640 g/mol. The van der Waals surface area contributed by atoms with E-state index in [0.29, 0.717) is 25.0 Å². The molecule has 5 rings (SSSR count). The van der Waals surface area contributed by atoms with Crippen LogP contribution in [0.3, 0.4) is 0 Å². The second-order valence-corrected chi connectivity index (χ2v) is 13.3. The minimum atomic E-state index is -4.64. The summed E-state index contributed by atoms with van der Waals surface area (Å²) >= 11 is 0. The van der Waals surface area contributed by atoms with Gasteiger partial charge in [-0.15, -0.1) is 10.2 Å². The number of ketones is 1. The Labute approximate surface area is 243 Å². The summed E-state index contributed by atoms with van der Waals surface area (Å²) in [7, 11) is -4.08. The second kappa shape index (κ2) is 11.5. The van der Waals surface area contributed by atoms with Crippen molar-refractivity contribution in [2.75, 3.05) is 12.3 Å². The maximum atomic E-state index is 13.7. The average Bonchev–Trinajstić information content (AvgIpc) is 3.46. The summed E-state index contributed by atoms with van der Waals surface area (Å²) in [6.07, 6.45) is -3.13. The summed E-state index contributed by atoms with van der Waals surface area (Å²) in [6.45, 7) is 3.59. The van der Waals surface area contributed by atoms with Crippen LogP contribution in [0.25, 0.3) is 0 Å². The molecule has 3 aliphatic rings. The maximum Gasteiger partial charge on any atom is 0.451 e. The van der Waals surface area contributed by atoms with Crippen LogP contribution in [0.5, 0.6) is 0 Å². The Morgan fingerprint density at radius 3 is 2.35 bits per heavy atom. The number of amides is 1. The Kier molecular flexibility index (Phi) is 8.76. The third-order valence-corrected chi connectivity index (χ3v) is 9.79.